The average Bonchev–Trinajstić information content (AvgIpc) is 2.00. The zero-order valence-electron chi connectivity index (χ0n) is 7.00. The van der Waals surface area contributed by atoms with Gasteiger partial charge in [-0.25, -0.2) is 0 Å². The Kier molecular flexibility index (Phi) is 5.67. The number of nitriles is 1. The van der Waals surface area contributed by atoms with E-state index in [-0.39, 0.29) is 5.25 Å². The van der Waals surface area contributed by atoms with E-state index in [1.807, 2.05) is 26.2 Å². The molecule has 0 aliphatic rings. The Balaban J connectivity index is 3.81. The Hall–Kier alpha value is -0.690. The number of thiocyanates is 1. The molecule has 0 radical (unpaired) electrons. The van der Waals surface area contributed by atoms with Crippen LogP contribution in [0.15, 0.2) is 5.16 Å². The van der Waals surface area contributed by atoms with Crippen molar-refractivity contribution in [1.82, 2.24) is 0 Å². The van der Waals surface area contributed by atoms with Crippen LogP contribution in [0.25, 0.3) is 0 Å². The fourth-order valence-corrected chi connectivity index (χ4v) is 0.777. The highest BCUT2D eigenvalue weighted by atomic mass is 32.2. The number of hydrogen-bond acceptors (Lipinski definition) is 4. The van der Waals surface area contributed by atoms with E-state index in [9.17, 15) is 0 Å². The van der Waals surface area contributed by atoms with Crippen LogP contribution in [0.1, 0.15) is 20.8 Å². The summed E-state index contributed by atoms with van der Waals surface area (Å²) < 4.78 is 0. The van der Waals surface area contributed by atoms with Crippen LogP contribution in [0.3, 0.4) is 0 Å². The monoisotopic (exact) mass is 172 g/mol. The summed E-state index contributed by atoms with van der Waals surface area (Å²) in [4.78, 5) is 4.83. The van der Waals surface area contributed by atoms with Crippen LogP contribution in [0.4, 0.5) is 0 Å². The highest BCUT2D eigenvalue weighted by molar-refractivity contribution is 8.04. The predicted octanol–water partition coefficient (Wildman–Crippen LogP) is 2.00. The molecular formula is C7H12N2OS. The molecule has 0 aromatic carbocycles. The molecule has 0 heterocycles. The Labute approximate surface area is 71.4 Å². The maximum Gasteiger partial charge on any atom is 0.134 e. The number of oxime groups is 1. The lowest BCUT2D eigenvalue weighted by molar-refractivity contribution is 0.158. The van der Waals surface area contributed by atoms with E-state index < -0.39 is 0 Å². The zero-order valence-corrected chi connectivity index (χ0v) is 7.81. The third-order valence-electron chi connectivity index (χ3n) is 1.16. The molecule has 0 saturated heterocycles. The third kappa shape index (κ3) is 4.68. The van der Waals surface area contributed by atoms with Crippen molar-refractivity contribution in [1.29, 1.82) is 5.26 Å². The maximum atomic E-state index is 8.33. The number of nitrogens with zero attached hydrogens (tertiary/aromatic N) is 2. The second kappa shape index (κ2) is 6.05. The first kappa shape index (κ1) is 10.3. The Bertz CT molecular complexity index is 174. The van der Waals surface area contributed by atoms with Crippen LogP contribution in [0.2, 0.25) is 0 Å². The minimum atomic E-state index is 0.117. The minimum absolute atomic E-state index is 0.117. The number of hydrogen-bond donors (Lipinski definition) is 0. The normalized spacial score (nSPS) is 13.8. The molecule has 0 N–H and O–H groups in total. The van der Waals surface area contributed by atoms with Gasteiger partial charge in [0, 0.05) is 0 Å². The molecule has 0 saturated carbocycles. The molecule has 3 nitrogen and oxygen atoms in total. The van der Waals surface area contributed by atoms with Crippen LogP contribution in [-0.2, 0) is 4.84 Å². The van der Waals surface area contributed by atoms with Crippen molar-refractivity contribution in [2.45, 2.75) is 26.0 Å². The predicted molar refractivity (Wildman–Crippen MR) is 47.4 cm³/mol. The van der Waals surface area contributed by atoms with Gasteiger partial charge in [0.2, 0.25) is 0 Å². The molecule has 0 aromatic rings. The molecule has 0 aliphatic carbocycles. The van der Waals surface area contributed by atoms with Crippen molar-refractivity contribution in [3.8, 4) is 5.40 Å². The van der Waals surface area contributed by atoms with Gasteiger partial charge < -0.3 is 4.84 Å². The molecule has 11 heavy (non-hydrogen) atoms. The van der Waals surface area contributed by atoms with Gasteiger partial charge in [0.25, 0.3) is 0 Å². The van der Waals surface area contributed by atoms with E-state index in [0.717, 1.165) is 5.71 Å². The van der Waals surface area contributed by atoms with Crippen LogP contribution < -0.4 is 0 Å². The summed E-state index contributed by atoms with van der Waals surface area (Å²) in [5.74, 6) is 0. The Morgan fingerprint density at radius 3 is 2.91 bits per heavy atom. The lowest BCUT2D eigenvalue weighted by Gasteiger charge is -2.03. The molecule has 1 atom stereocenters. The van der Waals surface area contributed by atoms with Gasteiger partial charge in [-0.3, -0.25) is 0 Å². The second-order valence-corrected chi connectivity index (χ2v) is 3.13. The molecule has 0 aromatic heterocycles. The van der Waals surface area contributed by atoms with E-state index in [1.54, 1.807) is 0 Å². The summed E-state index contributed by atoms with van der Waals surface area (Å²) in [6.07, 6.45) is 0. The van der Waals surface area contributed by atoms with Gasteiger partial charge >= 0.3 is 0 Å². The average molecular weight is 172 g/mol. The largest absolute Gasteiger partial charge is 0.396 e. The molecule has 0 unspecified atom stereocenters. The summed E-state index contributed by atoms with van der Waals surface area (Å²) in [5.41, 5.74) is 0.846. The van der Waals surface area contributed by atoms with Crippen molar-refractivity contribution in [2.75, 3.05) is 6.61 Å². The molecular weight excluding hydrogens is 160 g/mol. The molecule has 0 spiro atoms. The van der Waals surface area contributed by atoms with Crippen LogP contribution in [-0.4, -0.2) is 17.6 Å². The summed E-state index contributed by atoms with van der Waals surface area (Å²) in [6.45, 7) is 6.22. The van der Waals surface area contributed by atoms with Gasteiger partial charge in [0.1, 0.15) is 12.0 Å². The van der Waals surface area contributed by atoms with E-state index in [1.165, 1.54) is 11.8 Å². The zero-order chi connectivity index (χ0) is 8.69. The van der Waals surface area contributed by atoms with Crippen molar-refractivity contribution < 1.29 is 4.84 Å². The van der Waals surface area contributed by atoms with E-state index >= 15 is 0 Å². The van der Waals surface area contributed by atoms with Crippen molar-refractivity contribution in [2.24, 2.45) is 5.16 Å². The van der Waals surface area contributed by atoms with Crippen LogP contribution in [0.5, 0.6) is 0 Å². The third-order valence-corrected chi connectivity index (χ3v) is 1.96. The van der Waals surface area contributed by atoms with E-state index in [4.69, 9.17) is 10.1 Å². The molecule has 0 bridgehead atoms. The summed E-state index contributed by atoms with van der Waals surface area (Å²) >= 11 is 1.18. The molecule has 4 heteroatoms. The quantitative estimate of drug-likeness (QED) is 0.370. The number of thioether (sulfide) groups is 1. The molecule has 0 fully saturated rings. The first-order chi connectivity index (χ1) is 5.22. The Morgan fingerprint density at radius 2 is 2.45 bits per heavy atom. The molecule has 0 aliphatic heterocycles. The van der Waals surface area contributed by atoms with E-state index in [2.05, 4.69) is 5.16 Å². The van der Waals surface area contributed by atoms with Crippen LogP contribution >= 0.6 is 11.8 Å². The molecule has 0 amide bonds. The Morgan fingerprint density at radius 1 is 1.82 bits per heavy atom. The second-order valence-electron chi connectivity index (χ2n) is 2.00. The van der Waals surface area contributed by atoms with Gasteiger partial charge in [-0.1, -0.05) is 5.16 Å². The number of rotatable bonds is 4. The maximum absolute atomic E-state index is 8.33. The van der Waals surface area contributed by atoms with Gasteiger partial charge in [-0.15, -0.1) is 0 Å². The highest BCUT2D eigenvalue weighted by Gasteiger charge is 2.05. The first-order valence-corrected chi connectivity index (χ1v) is 4.31. The highest BCUT2D eigenvalue weighted by Crippen LogP contribution is 2.09. The minimum Gasteiger partial charge on any atom is -0.396 e. The summed E-state index contributed by atoms with van der Waals surface area (Å²) in [5, 5.41) is 14.3. The smallest absolute Gasteiger partial charge is 0.134 e. The van der Waals surface area contributed by atoms with Gasteiger partial charge in [0.15, 0.2) is 0 Å². The van der Waals surface area contributed by atoms with E-state index in [0.29, 0.717) is 6.61 Å². The fraction of sp³-hybridized carbons (Fsp3) is 0.714. The molecule has 62 valence electrons. The topological polar surface area (TPSA) is 45.4 Å². The van der Waals surface area contributed by atoms with Gasteiger partial charge in [-0.2, -0.15) is 5.26 Å². The molecule has 0 rings (SSSR count). The van der Waals surface area contributed by atoms with Crippen molar-refractivity contribution in [3.63, 3.8) is 0 Å². The van der Waals surface area contributed by atoms with Crippen molar-refractivity contribution in [3.05, 3.63) is 0 Å². The first-order valence-electron chi connectivity index (χ1n) is 3.43. The lowest BCUT2D eigenvalue weighted by atomic mass is 10.3. The van der Waals surface area contributed by atoms with Gasteiger partial charge in [0.05, 0.1) is 11.0 Å². The van der Waals surface area contributed by atoms with Crippen LogP contribution in [0, 0.1) is 10.7 Å². The summed E-state index contributed by atoms with van der Waals surface area (Å²) in [7, 11) is 0. The van der Waals surface area contributed by atoms with Crippen molar-refractivity contribution >= 4 is 17.5 Å². The standard InChI is InChI=1S/C7H12N2OS/c1-4-10-9-6(2)7(3)11-5-8/h7H,4H2,1-3H3/b9-6-/t7-/m1/s1. The fourth-order valence-electron chi connectivity index (χ4n) is 0.405. The summed E-state index contributed by atoms with van der Waals surface area (Å²) in [6, 6.07) is 0. The lowest BCUT2D eigenvalue weighted by Crippen LogP contribution is -2.08. The van der Waals surface area contributed by atoms with Gasteiger partial charge in [-0.05, 0) is 32.5 Å². The SMILES string of the molecule is CCO/N=C(/C)[C@@H](C)SC#N.